The summed E-state index contributed by atoms with van der Waals surface area (Å²) in [7, 11) is 6.04. The van der Waals surface area contributed by atoms with Crippen molar-refractivity contribution in [1.82, 2.24) is 14.9 Å². The molecular formula is C13H25N5S. The van der Waals surface area contributed by atoms with Crippen molar-refractivity contribution in [2.75, 3.05) is 44.6 Å². The van der Waals surface area contributed by atoms with E-state index in [0.717, 1.165) is 23.3 Å². The van der Waals surface area contributed by atoms with Gasteiger partial charge >= 0.3 is 0 Å². The first-order valence-electron chi connectivity index (χ1n) is 6.48. The van der Waals surface area contributed by atoms with Gasteiger partial charge in [-0.3, -0.25) is 0 Å². The Labute approximate surface area is 120 Å². The Morgan fingerprint density at radius 3 is 2.37 bits per heavy atom. The Bertz CT molecular complexity index is 372. The van der Waals surface area contributed by atoms with Gasteiger partial charge in [-0.2, -0.15) is 0 Å². The van der Waals surface area contributed by atoms with Gasteiger partial charge in [0.2, 0.25) is 0 Å². The van der Waals surface area contributed by atoms with Gasteiger partial charge in [0.15, 0.2) is 5.16 Å². The monoisotopic (exact) mass is 283 g/mol. The van der Waals surface area contributed by atoms with Gasteiger partial charge in [-0.05, 0) is 26.3 Å². The van der Waals surface area contributed by atoms with Gasteiger partial charge in [0, 0.05) is 25.7 Å². The summed E-state index contributed by atoms with van der Waals surface area (Å²) in [5, 5.41) is 7.36. The van der Waals surface area contributed by atoms with Crippen molar-refractivity contribution in [2.24, 2.45) is 5.92 Å². The Balaban J connectivity index is 2.88. The van der Waals surface area contributed by atoms with Gasteiger partial charge in [0.05, 0.1) is 0 Å². The van der Waals surface area contributed by atoms with Gasteiger partial charge in [-0.1, -0.05) is 25.6 Å². The largest absolute Gasteiger partial charge is 0.373 e. The highest BCUT2D eigenvalue weighted by Crippen LogP contribution is 2.19. The minimum atomic E-state index is 0.365. The van der Waals surface area contributed by atoms with Gasteiger partial charge in [-0.25, -0.2) is 9.97 Å². The van der Waals surface area contributed by atoms with Crippen molar-refractivity contribution in [2.45, 2.75) is 25.0 Å². The molecule has 0 amide bonds. The lowest BCUT2D eigenvalue weighted by Crippen LogP contribution is -2.36. The third-order valence-corrected chi connectivity index (χ3v) is 3.39. The van der Waals surface area contributed by atoms with Crippen LogP contribution < -0.4 is 10.6 Å². The number of hydrogen-bond acceptors (Lipinski definition) is 6. The third-order valence-electron chi connectivity index (χ3n) is 2.84. The molecule has 0 aliphatic heterocycles. The molecule has 6 heteroatoms. The molecule has 108 valence electrons. The lowest BCUT2D eigenvalue weighted by Gasteiger charge is -2.26. The highest BCUT2D eigenvalue weighted by molar-refractivity contribution is 7.98. The average Bonchev–Trinajstić information content (AvgIpc) is 2.36. The molecule has 0 aromatic carbocycles. The molecule has 2 N–H and O–H groups in total. The van der Waals surface area contributed by atoms with E-state index in [4.69, 9.17) is 0 Å². The fraction of sp³-hybridized carbons (Fsp3) is 0.692. The number of likely N-dealkylation sites (N-methyl/N-ethyl adjacent to an activating group) is 1. The highest BCUT2D eigenvalue weighted by atomic mass is 32.2. The van der Waals surface area contributed by atoms with Crippen molar-refractivity contribution in [3.8, 4) is 0 Å². The molecule has 0 fully saturated rings. The lowest BCUT2D eigenvalue weighted by atomic mass is 10.0. The number of thioether (sulfide) groups is 1. The molecule has 1 rings (SSSR count). The van der Waals surface area contributed by atoms with E-state index in [1.54, 1.807) is 11.8 Å². The molecule has 0 aliphatic rings. The number of aromatic nitrogens is 2. The summed E-state index contributed by atoms with van der Waals surface area (Å²) in [5.41, 5.74) is 0. The van der Waals surface area contributed by atoms with E-state index in [1.807, 2.05) is 19.4 Å². The number of rotatable bonds is 7. The first-order chi connectivity index (χ1) is 8.96. The molecular weight excluding hydrogens is 258 g/mol. The highest BCUT2D eigenvalue weighted by Gasteiger charge is 2.15. The summed E-state index contributed by atoms with van der Waals surface area (Å²) >= 11 is 1.55. The van der Waals surface area contributed by atoms with E-state index < -0.39 is 0 Å². The Morgan fingerprint density at radius 1 is 1.26 bits per heavy atom. The van der Waals surface area contributed by atoms with Crippen LogP contribution in [-0.2, 0) is 0 Å². The van der Waals surface area contributed by atoms with Gasteiger partial charge in [0.25, 0.3) is 0 Å². The van der Waals surface area contributed by atoms with Crippen molar-refractivity contribution >= 4 is 23.4 Å². The second-order valence-electron chi connectivity index (χ2n) is 5.13. The first-order valence-corrected chi connectivity index (χ1v) is 7.70. The van der Waals surface area contributed by atoms with Crippen LogP contribution in [0.2, 0.25) is 0 Å². The zero-order valence-electron chi connectivity index (χ0n) is 12.7. The van der Waals surface area contributed by atoms with Crippen LogP contribution in [0.25, 0.3) is 0 Å². The van der Waals surface area contributed by atoms with Crippen molar-refractivity contribution in [3.63, 3.8) is 0 Å². The summed E-state index contributed by atoms with van der Waals surface area (Å²) in [6.07, 6.45) is 1.98. The van der Waals surface area contributed by atoms with E-state index in [2.05, 4.69) is 53.4 Å². The van der Waals surface area contributed by atoms with Crippen LogP contribution in [0.15, 0.2) is 11.2 Å². The fourth-order valence-electron chi connectivity index (χ4n) is 1.72. The smallest absolute Gasteiger partial charge is 0.191 e. The second kappa shape index (κ2) is 7.55. The van der Waals surface area contributed by atoms with Crippen LogP contribution in [0.1, 0.15) is 13.8 Å². The number of hydrogen-bond donors (Lipinski definition) is 2. The molecule has 0 spiro atoms. The molecule has 5 nitrogen and oxygen atoms in total. The average molecular weight is 283 g/mol. The van der Waals surface area contributed by atoms with Crippen molar-refractivity contribution in [1.29, 1.82) is 0 Å². The quantitative estimate of drug-likeness (QED) is 0.591. The molecule has 1 aromatic rings. The van der Waals surface area contributed by atoms with Crippen molar-refractivity contribution in [3.05, 3.63) is 6.07 Å². The molecule has 0 bridgehead atoms. The van der Waals surface area contributed by atoms with Gasteiger partial charge < -0.3 is 15.5 Å². The molecule has 1 atom stereocenters. The number of nitrogens with one attached hydrogen (secondary N) is 2. The number of nitrogens with zero attached hydrogens (tertiary/aromatic N) is 3. The second-order valence-corrected chi connectivity index (χ2v) is 5.91. The van der Waals surface area contributed by atoms with Gasteiger partial charge in [-0.15, -0.1) is 0 Å². The van der Waals surface area contributed by atoms with Gasteiger partial charge in [0.1, 0.15) is 11.6 Å². The first kappa shape index (κ1) is 16.0. The van der Waals surface area contributed by atoms with E-state index in [-0.39, 0.29) is 0 Å². The third kappa shape index (κ3) is 5.24. The molecule has 1 aromatic heterocycles. The SMILES string of the molecule is CNc1cc(NC(CN(C)C)C(C)C)nc(SC)n1. The fourth-order valence-corrected chi connectivity index (χ4v) is 2.10. The van der Waals surface area contributed by atoms with E-state index >= 15 is 0 Å². The maximum absolute atomic E-state index is 4.51. The van der Waals surface area contributed by atoms with E-state index in [9.17, 15) is 0 Å². The molecule has 0 saturated carbocycles. The predicted octanol–water partition coefficient (Wildman–Crippen LogP) is 2.24. The Morgan fingerprint density at radius 2 is 1.89 bits per heavy atom. The topological polar surface area (TPSA) is 53.1 Å². The lowest BCUT2D eigenvalue weighted by molar-refractivity contribution is 0.344. The number of anilines is 2. The summed E-state index contributed by atoms with van der Waals surface area (Å²) < 4.78 is 0. The van der Waals surface area contributed by atoms with Crippen LogP contribution in [0.4, 0.5) is 11.6 Å². The molecule has 1 unspecified atom stereocenters. The van der Waals surface area contributed by atoms with Crippen LogP contribution in [-0.4, -0.2) is 54.9 Å². The zero-order valence-corrected chi connectivity index (χ0v) is 13.5. The summed E-state index contributed by atoms with van der Waals surface area (Å²) in [6, 6.07) is 2.31. The summed E-state index contributed by atoms with van der Waals surface area (Å²) in [5.74, 6) is 2.26. The Kier molecular flexibility index (Phi) is 6.37. The molecule has 0 aliphatic carbocycles. The maximum Gasteiger partial charge on any atom is 0.191 e. The van der Waals surface area contributed by atoms with Crippen LogP contribution in [0, 0.1) is 5.92 Å². The predicted molar refractivity (Wildman–Crippen MR) is 84.2 cm³/mol. The summed E-state index contributed by atoms with van der Waals surface area (Å²) in [4.78, 5) is 11.1. The molecule has 1 heterocycles. The molecule has 0 radical (unpaired) electrons. The van der Waals surface area contributed by atoms with Crippen LogP contribution in [0.5, 0.6) is 0 Å². The van der Waals surface area contributed by atoms with E-state index in [0.29, 0.717) is 12.0 Å². The normalized spacial score (nSPS) is 12.8. The van der Waals surface area contributed by atoms with Crippen LogP contribution >= 0.6 is 11.8 Å². The molecule has 0 saturated heterocycles. The Hall–Kier alpha value is -1.01. The zero-order chi connectivity index (χ0) is 14.4. The standard InChI is InChI=1S/C13H25N5S/c1-9(2)10(8-18(4)5)15-12-7-11(14-3)16-13(17-12)19-6/h7,9-10H,8H2,1-6H3,(H2,14,15,16,17). The minimum absolute atomic E-state index is 0.365. The summed E-state index contributed by atoms with van der Waals surface area (Å²) in [6.45, 7) is 5.42. The molecule has 19 heavy (non-hydrogen) atoms. The van der Waals surface area contributed by atoms with Crippen LogP contribution in [0.3, 0.4) is 0 Å². The van der Waals surface area contributed by atoms with Crippen molar-refractivity contribution < 1.29 is 0 Å². The minimum Gasteiger partial charge on any atom is -0.373 e. The maximum atomic E-state index is 4.51. The van der Waals surface area contributed by atoms with E-state index in [1.165, 1.54) is 0 Å².